The van der Waals surface area contributed by atoms with Gasteiger partial charge in [-0.15, -0.1) is 0 Å². The first-order valence-electron chi connectivity index (χ1n) is 8.25. The van der Waals surface area contributed by atoms with Gasteiger partial charge in [-0.25, -0.2) is 0 Å². The molecule has 0 aliphatic heterocycles. The first-order valence-corrected chi connectivity index (χ1v) is 11.3. The summed E-state index contributed by atoms with van der Waals surface area (Å²) >= 11 is 3.48. The Kier molecular flexibility index (Phi) is 10.2. The molecule has 0 fully saturated rings. The van der Waals surface area contributed by atoms with Gasteiger partial charge >= 0.3 is 8.80 Å². The van der Waals surface area contributed by atoms with Crippen molar-refractivity contribution < 1.29 is 13.3 Å². The van der Waals surface area contributed by atoms with Crippen molar-refractivity contribution in [3.8, 4) is 0 Å². The predicted molar refractivity (Wildman–Crippen MR) is 97.3 cm³/mol. The van der Waals surface area contributed by atoms with Gasteiger partial charge in [-0.05, 0) is 30.4 Å². The Balaban J connectivity index is 2.87. The molecule has 1 aromatic rings. The number of alkyl halides is 1. The molecule has 126 valence electrons. The summed E-state index contributed by atoms with van der Waals surface area (Å²) in [7, 11) is -2.64. The monoisotopic (exact) mass is 388 g/mol. The van der Waals surface area contributed by atoms with Crippen LogP contribution in [-0.2, 0) is 24.7 Å². The molecule has 0 N–H and O–H groups in total. The van der Waals surface area contributed by atoms with Crippen molar-refractivity contribution in [2.75, 3.05) is 19.8 Å². The molecule has 0 radical (unpaired) electrons. The highest BCUT2D eigenvalue weighted by Gasteiger charge is 2.41. The summed E-state index contributed by atoms with van der Waals surface area (Å²) in [5, 5.41) is 0.876. The largest absolute Gasteiger partial charge is 0.505 e. The minimum Gasteiger partial charge on any atom is -0.373 e. The molecular formula is C17H29BrO3Si. The molecule has 22 heavy (non-hydrogen) atoms. The standard InChI is InChI=1S/C17H29BrO3Si/c1-4-11-19-22(20-12-5-2,21-13-6-3)15-17-9-7-16(14-18)8-10-17/h7-10H,4-6,11-15H2,1-3H3. The molecule has 5 heteroatoms. The van der Waals surface area contributed by atoms with Crippen molar-refractivity contribution in [2.24, 2.45) is 0 Å². The third kappa shape index (κ3) is 6.92. The van der Waals surface area contributed by atoms with Crippen molar-refractivity contribution in [3.05, 3.63) is 35.4 Å². The van der Waals surface area contributed by atoms with Crippen LogP contribution in [0, 0.1) is 0 Å². The van der Waals surface area contributed by atoms with E-state index in [2.05, 4.69) is 61.0 Å². The van der Waals surface area contributed by atoms with Crippen molar-refractivity contribution >= 4 is 24.7 Å². The number of halogens is 1. The zero-order valence-electron chi connectivity index (χ0n) is 14.1. The average molecular weight is 389 g/mol. The summed E-state index contributed by atoms with van der Waals surface area (Å²) in [6, 6.07) is 9.33. The van der Waals surface area contributed by atoms with Crippen LogP contribution in [0.5, 0.6) is 0 Å². The lowest BCUT2D eigenvalue weighted by Gasteiger charge is -2.29. The fourth-order valence-electron chi connectivity index (χ4n) is 2.05. The lowest BCUT2D eigenvalue weighted by molar-refractivity contribution is 0.0583. The van der Waals surface area contributed by atoms with E-state index in [9.17, 15) is 0 Å². The highest BCUT2D eigenvalue weighted by atomic mass is 79.9. The highest BCUT2D eigenvalue weighted by molar-refractivity contribution is 9.08. The van der Waals surface area contributed by atoms with Gasteiger partial charge < -0.3 is 13.3 Å². The molecule has 0 heterocycles. The summed E-state index contributed by atoms with van der Waals surface area (Å²) in [5.41, 5.74) is 2.49. The van der Waals surface area contributed by atoms with Crippen LogP contribution >= 0.6 is 15.9 Å². The fraction of sp³-hybridized carbons (Fsp3) is 0.647. The summed E-state index contributed by atoms with van der Waals surface area (Å²) in [6.45, 7) is 8.42. The van der Waals surface area contributed by atoms with E-state index in [0.29, 0.717) is 19.8 Å². The van der Waals surface area contributed by atoms with Crippen LogP contribution < -0.4 is 0 Å². The number of benzene rings is 1. The third-order valence-electron chi connectivity index (χ3n) is 3.18. The Labute approximate surface area is 144 Å². The Bertz CT molecular complexity index is 376. The quantitative estimate of drug-likeness (QED) is 0.377. The number of hydrogen-bond donors (Lipinski definition) is 0. The Morgan fingerprint density at radius 1 is 0.773 bits per heavy atom. The second-order valence-electron chi connectivity index (χ2n) is 5.36. The third-order valence-corrected chi connectivity index (χ3v) is 6.60. The Morgan fingerprint density at radius 2 is 1.18 bits per heavy atom. The first kappa shape index (κ1) is 19.8. The van der Waals surface area contributed by atoms with Crippen molar-refractivity contribution in [3.63, 3.8) is 0 Å². The summed E-state index contributed by atoms with van der Waals surface area (Å²) in [4.78, 5) is 0. The van der Waals surface area contributed by atoms with Gasteiger partial charge in [-0.2, -0.15) is 0 Å². The van der Waals surface area contributed by atoms with Gasteiger partial charge in [-0.1, -0.05) is 61.0 Å². The van der Waals surface area contributed by atoms with Gasteiger partial charge in [0.15, 0.2) is 0 Å². The molecule has 0 amide bonds. The van der Waals surface area contributed by atoms with Gasteiger partial charge in [0.2, 0.25) is 0 Å². The maximum atomic E-state index is 6.13. The highest BCUT2D eigenvalue weighted by Crippen LogP contribution is 2.19. The van der Waals surface area contributed by atoms with E-state index in [0.717, 1.165) is 30.6 Å². The Hall–Kier alpha value is -0.203. The van der Waals surface area contributed by atoms with Crippen LogP contribution in [-0.4, -0.2) is 28.6 Å². The average Bonchev–Trinajstić information content (AvgIpc) is 2.56. The zero-order chi connectivity index (χ0) is 16.3. The lowest BCUT2D eigenvalue weighted by Crippen LogP contribution is -2.49. The van der Waals surface area contributed by atoms with Crippen molar-refractivity contribution in [1.29, 1.82) is 0 Å². The molecule has 0 saturated heterocycles. The summed E-state index contributed by atoms with van der Waals surface area (Å²) < 4.78 is 18.4. The molecular weight excluding hydrogens is 360 g/mol. The van der Waals surface area contributed by atoms with Gasteiger partial charge in [0.25, 0.3) is 0 Å². The summed E-state index contributed by atoms with van der Waals surface area (Å²) in [5.74, 6) is 0. The topological polar surface area (TPSA) is 27.7 Å². The maximum absolute atomic E-state index is 6.13. The molecule has 0 saturated carbocycles. The smallest absolute Gasteiger partial charge is 0.373 e. The molecule has 0 aliphatic carbocycles. The minimum absolute atomic E-state index is 0.694. The molecule has 0 aliphatic rings. The molecule has 0 aromatic heterocycles. The van der Waals surface area contributed by atoms with E-state index in [1.807, 2.05) is 0 Å². The summed E-state index contributed by atoms with van der Waals surface area (Å²) in [6.07, 6.45) is 2.92. The van der Waals surface area contributed by atoms with Gasteiger partial charge in [-0.3, -0.25) is 0 Å². The SMILES string of the molecule is CCCO[Si](Cc1ccc(CBr)cc1)(OCCC)OCCC. The molecule has 0 unspecified atom stereocenters. The van der Waals surface area contributed by atoms with E-state index in [1.54, 1.807) is 0 Å². The van der Waals surface area contributed by atoms with E-state index in [4.69, 9.17) is 13.3 Å². The van der Waals surface area contributed by atoms with Gasteiger partial charge in [0, 0.05) is 31.2 Å². The van der Waals surface area contributed by atoms with Crippen molar-refractivity contribution in [1.82, 2.24) is 0 Å². The van der Waals surface area contributed by atoms with Gasteiger partial charge in [0.1, 0.15) is 0 Å². The second-order valence-corrected chi connectivity index (χ2v) is 8.50. The van der Waals surface area contributed by atoms with Crippen LogP contribution in [0.15, 0.2) is 24.3 Å². The van der Waals surface area contributed by atoms with E-state index >= 15 is 0 Å². The molecule has 3 nitrogen and oxygen atoms in total. The van der Waals surface area contributed by atoms with Crippen LogP contribution in [0.1, 0.15) is 51.2 Å². The molecule has 0 spiro atoms. The zero-order valence-corrected chi connectivity index (χ0v) is 16.7. The molecule has 1 rings (SSSR count). The van der Waals surface area contributed by atoms with Crippen LogP contribution in [0.4, 0.5) is 0 Å². The first-order chi connectivity index (χ1) is 10.7. The number of hydrogen-bond acceptors (Lipinski definition) is 3. The fourth-order valence-corrected chi connectivity index (χ4v) is 5.26. The van der Waals surface area contributed by atoms with E-state index < -0.39 is 8.80 Å². The van der Waals surface area contributed by atoms with Crippen molar-refractivity contribution in [2.45, 2.75) is 51.4 Å². The van der Waals surface area contributed by atoms with E-state index in [1.165, 1.54) is 11.1 Å². The molecule has 0 atom stereocenters. The molecule has 1 aromatic carbocycles. The molecule has 0 bridgehead atoms. The lowest BCUT2D eigenvalue weighted by atomic mass is 10.2. The minimum atomic E-state index is -2.64. The van der Waals surface area contributed by atoms with Crippen LogP contribution in [0.2, 0.25) is 0 Å². The van der Waals surface area contributed by atoms with Crippen LogP contribution in [0.25, 0.3) is 0 Å². The maximum Gasteiger partial charge on any atom is 0.505 e. The second kappa shape index (κ2) is 11.4. The number of rotatable bonds is 12. The predicted octanol–water partition coefficient (Wildman–Crippen LogP) is 4.88. The Morgan fingerprint density at radius 3 is 1.55 bits per heavy atom. The van der Waals surface area contributed by atoms with Crippen LogP contribution in [0.3, 0.4) is 0 Å². The van der Waals surface area contributed by atoms with Gasteiger partial charge in [0.05, 0.1) is 0 Å². The van der Waals surface area contributed by atoms with E-state index in [-0.39, 0.29) is 0 Å². The normalized spacial score (nSPS) is 11.8.